The molecule has 1 unspecified atom stereocenters. The van der Waals surface area contributed by atoms with Gasteiger partial charge >= 0.3 is 0 Å². The van der Waals surface area contributed by atoms with Crippen LogP contribution in [-0.2, 0) is 4.43 Å². The van der Waals surface area contributed by atoms with Crippen LogP contribution in [0.15, 0.2) is 12.1 Å². The van der Waals surface area contributed by atoms with Gasteiger partial charge in [0, 0.05) is 25.6 Å². The van der Waals surface area contributed by atoms with E-state index in [1.807, 2.05) is 28.7 Å². The van der Waals surface area contributed by atoms with E-state index in [9.17, 15) is 4.39 Å². The van der Waals surface area contributed by atoms with Crippen molar-refractivity contribution in [3.63, 3.8) is 0 Å². The molecule has 3 nitrogen and oxygen atoms in total. The van der Waals surface area contributed by atoms with Crippen LogP contribution in [0.3, 0.4) is 0 Å². The summed E-state index contributed by atoms with van der Waals surface area (Å²) in [5, 5.41) is 0.242. The number of anilines is 1. The van der Waals surface area contributed by atoms with Gasteiger partial charge in [-0.25, -0.2) is 4.98 Å². The van der Waals surface area contributed by atoms with E-state index in [1.165, 1.54) is 0 Å². The summed E-state index contributed by atoms with van der Waals surface area (Å²) in [4.78, 5) is 6.22. The molecule has 0 N–H and O–H groups in total. The van der Waals surface area contributed by atoms with Crippen LogP contribution in [0.25, 0.3) is 0 Å². The fourth-order valence-electron chi connectivity index (χ4n) is 2.30. The number of pyridine rings is 1. The van der Waals surface area contributed by atoms with Crippen LogP contribution in [0.4, 0.5) is 10.2 Å². The molecule has 0 bridgehead atoms. The van der Waals surface area contributed by atoms with E-state index < -0.39 is 8.32 Å². The van der Waals surface area contributed by atoms with Crippen molar-refractivity contribution >= 4 is 36.7 Å². The van der Waals surface area contributed by atoms with Crippen molar-refractivity contribution in [3.8, 4) is 0 Å². The molecule has 0 aliphatic carbocycles. The molecule has 1 aliphatic heterocycles. The van der Waals surface area contributed by atoms with E-state index in [-0.39, 0.29) is 11.0 Å². The first-order valence-electron chi connectivity index (χ1n) is 7.81. The Morgan fingerprint density at radius 2 is 2.09 bits per heavy atom. The van der Waals surface area contributed by atoms with E-state index in [4.69, 9.17) is 4.43 Å². The lowest BCUT2D eigenvalue weighted by Gasteiger charge is -2.37. The molecule has 1 atom stereocenters. The number of nitrogens with zero attached hydrogens (tertiary/aromatic N) is 2. The third-order valence-corrected chi connectivity index (χ3v) is 10.2. The summed E-state index contributed by atoms with van der Waals surface area (Å²) in [6.45, 7) is 14.0. The van der Waals surface area contributed by atoms with Gasteiger partial charge in [-0.15, -0.1) is 0 Å². The van der Waals surface area contributed by atoms with Crippen molar-refractivity contribution in [2.75, 3.05) is 24.6 Å². The summed E-state index contributed by atoms with van der Waals surface area (Å²) in [5.74, 6) is 0.880. The number of halogens is 2. The Balaban J connectivity index is 1.92. The van der Waals surface area contributed by atoms with Crippen molar-refractivity contribution in [1.29, 1.82) is 0 Å². The SMILES string of the molecule is CC(C)(C)[Si](C)(C)OCC1CCN(c2ccc(I)c(F)n2)C1. The molecule has 0 amide bonds. The predicted molar refractivity (Wildman–Crippen MR) is 100 cm³/mol. The molecule has 1 saturated heterocycles. The molecule has 1 fully saturated rings. The zero-order chi connectivity index (χ0) is 16.5. The molecule has 124 valence electrons. The van der Waals surface area contributed by atoms with Gasteiger partial charge in [0.1, 0.15) is 5.82 Å². The molecule has 2 heterocycles. The van der Waals surface area contributed by atoms with Crippen LogP contribution in [0, 0.1) is 15.4 Å². The highest BCUT2D eigenvalue weighted by Gasteiger charge is 2.38. The van der Waals surface area contributed by atoms with Gasteiger partial charge in [0.25, 0.3) is 0 Å². The van der Waals surface area contributed by atoms with E-state index in [2.05, 4.69) is 43.7 Å². The van der Waals surface area contributed by atoms with Gasteiger partial charge in [-0.3, -0.25) is 0 Å². The molecule has 0 radical (unpaired) electrons. The summed E-state index contributed by atoms with van der Waals surface area (Å²) < 4.78 is 20.5. The van der Waals surface area contributed by atoms with E-state index in [1.54, 1.807) is 6.07 Å². The Hall–Kier alpha value is -0.213. The third-order valence-electron chi connectivity index (χ3n) is 4.88. The Labute approximate surface area is 147 Å². The minimum atomic E-state index is -1.69. The van der Waals surface area contributed by atoms with Crippen molar-refractivity contribution in [2.24, 2.45) is 5.92 Å². The molecule has 0 saturated carbocycles. The van der Waals surface area contributed by atoms with Crippen molar-refractivity contribution in [3.05, 3.63) is 21.7 Å². The van der Waals surface area contributed by atoms with Crippen LogP contribution in [0.1, 0.15) is 27.2 Å². The van der Waals surface area contributed by atoms with Gasteiger partial charge in [0.05, 0.1) is 3.57 Å². The second-order valence-electron chi connectivity index (χ2n) is 7.61. The number of rotatable bonds is 4. The molecule has 6 heteroatoms. The number of hydrogen-bond acceptors (Lipinski definition) is 3. The first kappa shape index (κ1) is 18.1. The average molecular weight is 436 g/mol. The van der Waals surface area contributed by atoms with Gasteiger partial charge in [-0.1, -0.05) is 20.8 Å². The zero-order valence-electron chi connectivity index (χ0n) is 14.1. The highest BCUT2D eigenvalue weighted by molar-refractivity contribution is 14.1. The lowest BCUT2D eigenvalue weighted by Crippen LogP contribution is -2.42. The molecule has 0 spiro atoms. The standard InChI is InChI=1S/C16H26FIN2OSi/c1-16(2,3)22(4,5)21-11-12-8-9-20(10-12)14-7-6-13(18)15(17)19-14/h6-7,12H,8-11H2,1-5H3. The monoisotopic (exact) mass is 436 g/mol. The first-order valence-corrected chi connectivity index (χ1v) is 11.8. The van der Waals surface area contributed by atoms with Crippen LogP contribution in [0.2, 0.25) is 18.1 Å². The lowest BCUT2D eigenvalue weighted by atomic mass is 10.1. The molecule has 2 rings (SSSR count). The summed E-state index contributed by atoms with van der Waals surface area (Å²) in [6, 6.07) is 3.69. The normalized spacial score (nSPS) is 19.8. The molecule has 1 aromatic rings. The summed E-state index contributed by atoms with van der Waals surface area (Å²) in [7, 11) is -1.69. The first-order chi connectivity index (χ1) is 10.1. The minimum Gasteiger partial charge on any atom is -0.416 e. The zero-order valence-corrected chi connectivity index (χ0v) is 17.3. The highest BCUT2D eigenvalue weighted by atomic mass is 127. The number of hydrogen-bond donors (Lipinski definition) is 0. The van der Waals surface area contributed by atoms with E-state index in [0.29, 0.717) is 9.49 Å². The van der Waals surface area contributed by atoms with Gasteiger partial charge in [0.15, 0.2) is 8.32 Å². The van der Waals surface area contributed by atoms with Gasteiger partial charge < -0.3 is 9.33 Å². The fourth-order valence-corrected chi connectivity index (χ4v) is 3.69. The molecular formula is C16H26FIN2OSi. The Bertz CT molecular complexity index is 533. The van der Waals surface area contributed by atoms with E-state index >= 15 is 0 Å². The lowest BCUT2D eigenvalue weighted by molar-refractivity contribution is 0.238. The molecule has 0 aromatic carbocycles. The summed E-state index contributed by atoms with van der Waals surface area (Å²) in [6.07, 6.45) is 1.09. The molecule has 1 aliphatic rings. The van der Waals surface area contributed by atoms with Gasteiger partial charge in [-0.2, -0.15) is 4.39 Å². The fraction of sp³-hybridized carbons (Fsp3) is 0.688. The molecule has 22 heavy (non-hydrogen) atoms. The summed E-state index contributed by atoms with van der Waals surface area (Å²) in [5.41, 5.74) is 0. The molecular weight excluding hydrogens is 410 g/mol. The van der Waals surface area contributed by atoms with Gasteiger partial charge in [0.2, 0.25) is 5.95 Å². The average Bonchev–Trinajstić information content (AvgIpc) is 2.87. The van der Waals surface area contributed by atoms with Crippen LogP contribution < -0.4 is 4.90 Å². The maximum Gasteiger partial charge on any atom is 0.228 e. The maximum absolute atomic E-state index is 13.6. The molecule has 1 aromatic heterocycles. The van der Waals surface area contributed by atoms with Crippen molar-refractivity contribution in [1.82, 2.24) is 4.98 Å². The Morgan fingerprint density at radius 3 is 2.68 bits per heavy atom. The van der Waals surface area contributed by atoms with Crippen LogP contribution >= 0.6 is 22.6 Å². The Morgan fingerprint density at radius 1 is 1.41 bits per heavy atom. The van der Waals surface area contributed by atoms with Crippen molar-refractivity contribution < 1.29 is 8.82 Å². The van der Waals surface area contributed by atoms with Gasteiger partial charge in [-0.05, 0) is 59.3 Å². The minimum absolute atomic E-state index is 0.242. The quantitative estimate of drug-likeness (QED) is 0.390. The second kappa shape index (κ2) is 6.73. The maximum atomic E-state index is 13.6. The predicted octanol–water partition coefficient (Wildman–Crippen LogP) is 4.67. The van der Waals surface area contributed by atoms with Crippen LogP contribution in [0.5, 0.6) is 0 Å². The van der Waals surface area contributed by atoms with E-state index in [0.717, 1.165) is 31.9 Å². The topological polar surface area (TPSA) is 25.4 Å². The largest absolute Gasteiger partial charge is 0.416 e. The van der Waals surface area contributed by atoms with Crippen LogP contribution in [-0.4, -0.2) is 33.0 Å². The Kier molecular flexibility index (Phi) is 5.54. The third kappa shape index (κ3) is 4.20. The number of aromatic nitrogens is 1. The smallest absolute Gasteiger partial charge is 0.228 e. The second-order valence-corrected chi connectivity index (χ2v) is 13.6. The van der Waals surface area contributed by atoms with Crippen molar-refractivity contribution in [2.45, 2.75) is 45.3 Å². The summed E-state index contributed by atoms with van der Waals surface area (Å²) >= 11 is 1.97. The highest BCUT2D eigenvalue weighted by Crippen LogP contribution is 2.37.